The lowest BCUT2D eigenvalue weighted by atomic mass is 9.83. The van der Waals surface area contributed by atoms with Gasteiger partial charge < -0.3 is 20.1 Å². The fourth-order valence-corrected chi connectivity index (χ4v) is 7.35. The molecule has 4 aromatic carbocycles. The maximum Gasteiger partial charge on any atom is 0.256 e. The minimum atomic E-state index is -0.0314. The molecule has 1 fully saturated rings. The molecule has 2 amide bonds. The molecule has 47 heavy (non-hydrogen) atoms. The standard InChI is InChI=1S/C23H25NO2.C18H15NO2/c1-15-7-6-10-20-22(15)19(23(25)24-20)14-16-11-12-21(26-2)18(13-16)17-8-4-3-5-9-17;1-11-3-2-4-15-17(11)14(18(20)19-15)10-12-5-6-16-13(9-12)7-8-21-16/h6-7,10-14,17H,3-5,8-9H2,1-2H3,(H,24,25);2-6,9-10H,7-8H2,1H3,(H,19,20). The van der Waals surface area contributed by atoms with E-state index in [4.69, 9.17) is 9.47 Å². The Bertz CT molecular complexity index is 1950. The average molecular weight is 625 g/mol. The Morgan fingerprint density at radius 1 is 0.745 bits per heavy atom. The van der Waals surface area contributed by atoms with Gasteiger partial charge in [0.2, 0.25) is 0 Å². The van der Waals surface area contributed by atoms with Crippen molar-refractivity contribution in [2.75, 3.05) is 24.4 Å². The number of anilines is 2. The summed E-state index contributed by atoms with van der Waals surface area (Å²) < 4.78 is 11.1. The Morgan fingerprint density at radius 2 is 1.34 bits per heavy atom. The number of fused-ring (bicyclic) bond motifs is 3. The number of nitrogens with one attached hydrogen (secondary N) is 2. The summed E-state index contributed by atoms with van der Waals surface area (Å²) in [4.78, 5) is 24.7. The fourth-order valence-electron chi connectivity index (χ4n) is 7.35. The molecule has 0 spiro atoms. The third kappa shape index (κ3) is 6.08. The fraction of sp³-hybridized carbons (Fsp3) is 0.268. The van der Waals surface area contributed by atoms with Crippen LogP contribution in [0, 0.1) is 13.8 Å². The van der Waals surface area contributed by atoms with Gasteiger partial charge in [-0.1, -0.05) is 55.7 Å². The van der Waals surface area contributed by atoms with E-state index in [1.807, 2.05) is 73.7 Å². The highest BCUT2D eigenvalue weighted by Gasteiger charge is 2.27. The molecule has 8 rings (SSSR count). The van der Waals surface area contributed by atoms with Gasteiger partial charge in [-0.15, -0.1) is 0 Å². The van der Waals surface area contributed by atoms with Crippen LogP contribution in [-0.2, 0) is 16.0 Å². The summed E-state index contributed by atoms with van der Waals surface area (Å²) in [5.41, 5.74) is 12.2. The lowest BCUT2D eigenvalue weighted by Gasteiger charge is -2.24. The number of hydrogen-bond acceptors (Lipinski definition) is 4. The van der Waals surface area contributed by atoms with Gasteiger partial charge in [0.05, 0.1) is 13.7 Å². The van der Waals surface area contributed by atoms with Crippen molar-refractivity contribution < 1.29 is 19.1 Å². The molecule has 6 heteroatoms. The minimum absolute atomic E-state index is 0.0238. The van der Waals surface area contributed by atoms with Gasteiger partial charge in [0.25, 0.3) is 11.8 Å². The Balaban J connectivity index is 0.000000153. The maximum atomic E-state index is 12.5. The number of amides is 2. The second-order valence-corrected chi connectivity index (χ2v) is 12.8. The number of benzene rings is 4. The van der Waals surface area contributed by atoms with Crippen LogP contribution >= 0.6 is 0 Å². The number of aryl methyl sites for hydroxylation is 2. The summed E-state index contributed by atoms with van der Waals surface area (Å²) in [5.74, 6) is 2.43. The summed E-state index contributed by atoms with van der Waals surface area (Å²) in [6, 6.07) is 24.3. The topological polar surface area (TPSA) is 76.7 Å². The van der Waals surface area contributed by atoms with Crippen LogP contribution in [-0.4, -0.2) is 25.5 Å². The zero-order valence-corrected chi connectivity index (χ0v) is 27.2. The molecular formula is C41H40N2O4. The number of carbonyl (C=O) groups is 2. The van der Waals surface area contributed by atoms with Gasteiger partial charge in [0.1, 0.15) is 11.5 Å². The molecule has 2 N–H and O–H groups in total. The van der Waals surface area contributed by atoms with Crippen LogP contribution in [0.2, 0.25) is 0 Å². The highest BCUT2D eigenvalue weighted by atomic mass is 16.5. The van der Waals surface area contributed by atoms with E-state index < -0.39 is 0 Å². The van der Waals surface area contributed by atoms with Crippen LogP contribution < -0.4 is 20.1 Å². The van der Waals surface area contributed by atoms with Gasteiger partial charge >= 0.3 is 0 Å². The van der Waals surface area contributed by atoms with E-state index in [9.17, 15) is 9.59 Å². The molecule has 0 radical (unpaired) electrons. The van der Waals surface area contributed by atoms with Crippen molar-refractivity contribution in [1.82, 2.24) is 0 Å². The van der Waals surface area contributed by atoms with Gasteiger partial charge in [0.15, 0.2) is 0 Å². The van der Waals surface area contributed by atoms with Crippen LogP contribution in [0.25, 0.3) is 23.3 Å². The predicted molar refractivity (Wildman–Crippen MR) is 190 cm³/mol. The van der Waals surface area contributed by atoms with E-state index in [1.165, 1.54) is 43.2 Å². The SMILES string of the molecule is COc1ccc(C=C2C(=O)Nc3cccc(C)c32)cc1C1CCCCC1.Cc1cccc2c1C(=Cc1ccc3c(c1)CCO3)C(=O)N2. The second kappa shape index (κ2) is 13.0. The van der Waals surface area contributed by atoms with Crippen molar-refractivity contribution in [1.29, 1.82) is 0 Å². The van der Waals surface area contributed by atoms with E-state index in [2.05, 4.69) is 35.8 Å². The second-order valence-electron chi connectivity index (χ2n) is 12.8. The van der Waals surface area contributed by atoms with E-state index >= 15 is 0 Å². The molecule has 1 saturated carbocycles. The van der Waals surface area contributed by atoms with Crippen LogP contribution in [0.15, 0.2) is 72.8 Å². The monoisotopic (exact) mass is 624 g/mol. The lowest BCUT2D eigenvalue weighted by Crippen LogP contribution is -2.07. The van der Waals surface area contributed by atoms with Crippen LogP contribution in [0.5, 0.6) is 11.5 Å². The van der Waals surface area contributed by atoms with E-state index in [-0.39, 0.29) is 11.8 Å². The van der Waals surface area contributed by atoms with Crippen molar-refractivity contribution in [3.05, 3.63) is 117 Å². The van der Waals surface area contributed by atoms with Crippen molar-refractivity contribution in [3.63, 3.8) is 0 Å². The number of carbonyl (C=O) groups excluding carboxylic acids is 2. The minimum Gasteiger partial charge on any atom is -0.496 e. The third-order valence-corrected chi connectivity index (χ3v) is 9.70. The Kier molecular flexibility index (Phi) is 8.42. The molecule has 0 unspecified atom stereocenters. The predicted octanol–water partition coefficient (Wildman–Crippen LogP) is 8.97. The first-order valence-corrected chi connectivity index (χ1v) is 16.6. The molecule has 238 valence electrons. The van der Waals surface area contributed by atoms with Gasteiger partial charge in [-0.25, -0.2) is 0 Å². The molecule has 0 aromatic heterocycles. The molecule has 0 atom stereocenters. The number of rotatable bonds is 4. The molecule has 4 aromatic rings. The Hall–Kier alpha value is -5.10. The van der Waals surface area contributed by atoms with Crippen LogP contribution in [0.1, 0.15) is 82.5 Å². The molecule has 0 bridgehead atoms. The highest BCUT2D eigenvalue weighted by Crippen LogP contribution is 2.40. The number of hydrogen-bond donors (Lipinski definition) is 2. The highest BCUT2D eigenvalue weighted by molar-refractivity contribution is 6.36. The number of ether oxygens (including phenoxy) is 2. The first-order valence-electron chi connectivity index (χ1n) is 16.6. The van der Waals surface area contributed by atoms with E-state index in [0.717, 1.165) is 80.4 Å². The quantitative estimate of drug-likeness (QED) is 0.222. The molecule has 0 saturated heterocycles. The largest absolute Gasteiger partial charge is 0.496 e. The average Bonchev–Trinajstić information content (AvgIpc) is 3.77. The van der Waals surface area contributed by atoms with E-state index in [0.29, 0.717) is 5.92 Å². The first-order chi connectivity index (χ1) is 22.9. The molecule has 4 aliphatic rings. The van der Waals surface area contributed by atoms with Gasteiger partial charge in [-0.2, -0.15) is 0 Å². The van der Waals surface area contributed by atoms with Gasteiger partial charge in [-0.3, -0.25) is 9.59 Å². The first kappa shape index (κ1) is 30.5. The van der Waals surface area contributed by atoms with Crippen molar-refractivity contribution >= 4 is 46.5 Å². The zero-order valence-electron chi connectivity index (χ0n) is 27.2. The van der Waals surface area contributed by atoms with Crippen molar-refractivity contribution in [2.45, 2.75) is 58.3 Å². The summed E-state index contributed by atoms with van der Waals surface area (Å²) in [5, 5.41) is 5.91. The van der Waals surface area contributed by atoms with Gasteiger partial charge in [0, 0.05) is 40.1 Å². The Morgan fingerprint density at radius 3 is 1.96 bits per heavy atom. The summed E-state index contributed by atoms with van der Waals surface area (Å²) in [7, 11) is 1.74. The maximum absolute atomic E-state index is 12.5. The number of methoxy groups -OCH3 is 1. The molecular weight excluding hydrogens is 584 g/mol. The van der Waals surface area contributed by atoms with Crippen molar-refractivity contribution in [2.24, 2.45) is 0 Å². The Labute approximate surface area is 276 Å². The lowest BCUT2D eigenvalue weighted by molar-refractivity contribution is -0.111. The van der Waals surface area contributed by atoms with Crippen LogP contribution in [0.3, 0.4) is 0 Å². The van der Waals surface area contributed by atoms with Crippen LogP contribution in [0.4, 0.5) is 11.4 Å². The molecule has 6 nitrogen and oxygen atoms in total. The normalized spacial score (nSPS) is 18.1. The van der Waals surface area contributed by atoms with E-state index in [1.54, 1.807) is 7.11 Å². The summed E-state index contributed by atoms with van der Waals surface area (Å²) >= 11 is 0. The van der Waals surface area contributed by atoms with Crippen molar-refractivity contribution in [3.8, 4) is 11.5 Å². The molecule has 1 aliphatic carbocycles. The van der Waals surface area contributed by atoms with Gasteiger partial charge in [-0.05, 0) is 115 Å². The summed E-state index contributed by atoms with van der Waals surface area (Å²) in [6.45, 7) is 4.83. The zero-order chi connectivity index (χ0) is 32.5. The smallest absolute Gasteiger partial charge is 0.256 e. The molecule has 3 heterocycles. The third-order valence-electron chi connectivity index (χ3n) is 9.70. The summed E-state index contributed by atoms with van der Waals surface area (Å²) in [6.07, 6.45) is 11.3. The molecule has 3 aliphatic heterocycles.